The molecule has 112 valence electrons. The molecule has 0 heterocycles. The first-order chi connectivity index (χ1) is 10.1. The van der Waals surface area contributed by atoms with Crippen molar-refractivity contribution in [3.8, 4) is 5.75 Å². The van der Waals surface area contributed by atoms with Crippen LogP contribution in [0.15, 0.2) is 42.5 Å². The van der Waals surface area contributed by atoms with Crippen LogP contribution < -0.4 is 10.1 Å². The number of hydrogen-bond acceptors (Lipinski definition) is 2. The topological polar surface area (TPSA) is 21.3 Å². The molecule has 2 nitrogen and oxygen atoms in total. The van der Waals surface area contributed by atoms with Gasteiger partial charge in [-0.3, -0.25) is 0 Å². The van der Waals surface area contributed by atoms with E-state index >= 15 is 0 Å². The van der Waals surface area contributed by atoms with Crippen molar-refractivity contribution >= 4 is 11.6 Å². The monoisotopic (exact) mass is 303 g/mol. The predicted molar refractivity (Wildman–Crippen MR) is 89.3 cm³/mol. The highest BCUT2D eigenvalue weighted by molar-refractivity contribution is 6.30. The molecule has 0 amide bonds. The molecule has 3 heteroatoms. The summed E-state index contributed by atoms with van der Waals surface area (Å²) in [6.45, 7) is 5.11. The molecule has 2 aromatic carbocycles. The van der Waals surface area contributed by atoms with Gasteiger partial charge in [0.25, 0.3) is 0 Å². The lowest BCUT2D eigenvalue weighted by Gasteiger charge is -2.20. The number of nitrogens with one attached hydrogen (secondary N) is 1. The summed E-state index contributed by atoms with van der Waals surface area (Å²) >= 11 is 5.95. The van der Waals surface area contributed by atoms with Crippen molar-refractivity contribution in [1.82, 2.24) is 5.32 Å². The summed E-state index contributed by atoms with van der Waals surface area (Å²) in [4.78, 5) is 0. The van der Waals surface area contributed by atoms with Crippen LogP contribution in [0.4, 0.5) is 0 Å². The molecule has 0 aromatic heterocycles. The molecule has 0 aliphatic carbocycles. The summed E-state index contributed by atoms with van der Waals surface area (Å²) in [5.41, 5.74) is 3.67. The third-order valence-corrected chi connectivity index (χ3v) is 3.89. The van der Waals surface area contributed by atoms with Crippen molar-refractivity contribution in [3.05, 3.63) is 64.2 Å². The zero-order valence-corrected chi connectivity index (χ0v) is 13.6. The average Bonchev–Trinajstić information content (AvgIpc) is 2.49. The van der Waals surface area contributed by atoms with E-state index in [0.29, 0.717) is 0 Å². The highest BCUT2D eigenvalue weighted by Crippen LogP contribution is 2.26. The van der Waals surface area contributed by atoms with Gasteiger partial charge in [-0.05, 0) is 54.8 Å². The Hall–Kier alpha value is -1.51. The van der Waals surface area contributed by atoms with Crippen molar-refractivity contribution in [2.24, 2.45) is 0 Å². The summed E-state index contributed by atoms with van der Waals surface area (Å²) in [7, 11) is 1.72. The molecule has 1 N–H and O–H groups in total. The van der Waals surface area contributed by atoms with Gasteiger partial charge in [0.1, 0.15) is 5.75 Å². The zero-order chi connectivity index (χ0) is 15.2. The molecule has 0 spiro atoms. The standard InChI is InChI=1S/C18H22ClNO/c1-4-20-17(11-14-6-9-16(19)10-7-14)15-8-5-13(2)18(12-15)21-3/h5-10,12,17,20H,4,11H2,1-3H3. The van der Waals surface area contributed by atoms with Crippen LogP contribution in [0.5, 0.6) is 5.75 Å². The second-order valence-electron chi connectivity index (χ2n) is 5.17. The van der Waals surface area contributed by atoms with E-state index < -0.39 is 0 Å². The number of ether oxygens (including phenoxy) is 1. The van der Waals surface area contributed by atoms with E-state index in [1.165, 1.54) is 11.1 Å². The maximum atomic E-state index is 5.95. The molecule has 21 heavy (non-hydrogen) atoms. The van der Waals surface area contributed by atoms with Crippen molar-refractivity contribution in [2.45, 2.75) is 26.3 Å². The fourth-order valence-electron chi connectivity index (χ4n) is 2.46. The Labute approximate surface area is 132 Å². The first-order valence-electron chi connectivity index (χ1n) is 7.26. The first-order valence-corrected chi connectivity index (χ1v) is 7.64. The van der Waals surface area contributed by atoms with Gasteiger partial charge >= 0.3 is 0 Å². The molecule has 2 rings (SSSR count). The second kappa shape index (κ2) is 7.48. The molecular formula is C18H22ClNO. The van der Waals surface area contributed by atoms with Crippen LogP contribution in [0.3, 0.4) is 0 Å². The third kappa shape index (κ3) is 4.23. The van der Waals surface area contributed by atoms with Gasteiger partial charge in [-0.15, -0.1) is 0 Å². The summed E-state index contributed by atoms with van der Waals surface area (Å²) in [5, 5.41) is 4.32. The van der Waals surface area contributed by atoms with Crippen LogP contribution in [-0.4, -0.2) is 13.7 Å². The van der Waals surface area contributed by atoms with E-state index in [4.69, 9.17) is 16.3 Å². The number of aryl methyl sites for hydroxylation is 1. The Bertz CT molecular complexity index is 580. The van der Waals surface area contributed by atoms with Crippen molar-refractivity contribution < 1.29 is 4.74 Å². The Morgan fingerprint density at radius 2 is 1.86 bits per heavy atom. The van der Waals surface area contributed by atoms with Gasteiger partial charge in [0.2, 0.25) is 0 Å². The highest BCUT2D eigenvalue weighted by Gasteiger charge is 2.13. The van der Waals surface area contributed by atoms with Gasteiger partial charge in [0.05, 0.1) is 7.11 Å². The maximum absolute atomic E-state index is 5.95. The molecular weight excluding hydrogens is 282 g/mol. The van der Waals surface area contributed by atoms with Gasteiger partial charge in [-0.25, -0.2) is 0 Å². The summed E-state index contributed by atoms with van der Waals surface area (Å²) in [6, 6.07) is 14.7. The van der Waals surface area contributed by atoms with Crippen LogP contribution >= 0.6 is 11.6 Å². The van der Waals surface area contributed by atoms with Crippen LogP contribution in [-0.2, 0) is 6.42 Å². The van der Waals surface area contributed by atoms with Crippen LogP contribution in [0, 0.1) is 6.92 Å². The minimum atomic E-state index is 0.269. The van der Waals surface area contributed by atoms with Crippen molar-refractivity contribution in [1.29, 1.82) is 0 Å². The largest absolute Gasteiger partial charge is 0.496 e. The number of likely N-dealkylation sites (N-methyl/N-ethyl adjacent to an activating group) is 1. The van der Waals surface area contributed by atoms with Gasteiger partial charge in [0, 0.05) is 11.1 Å². The molecule has 0 radical (unpaired) electrons. The SMILES string of the molecule is CCNC(Cc1ccc(Cl)cc1)c1ccc(C)c(OC)c1. The van der Waals surface area contributed by atoms with E-state index in [0.717, 1.165) is 29.3 Å². The smallest absolute Gasteiger partial charge is 0.122 e. The summed E-state index contributed by atoms with van der Waals surface area (Å²) < 4.78 is 5.43. The zero-order valence-electron chi connectivity index (χ0n) is 12.8. The molecule has 1 unspecified atom stereocenters. The fourth-order valence-corrected chi connectivity index (χ4v) is 2.59. The first kappa shape index (κ1) is 15.9. The quantitative estimate of drug-likeness (QED) is 0.845. The summed E-state index contributed by atoms with van der Waals surface area (Å²) in [6.07, 6.45) is 0.928. The van der Waals surface area contributed by atoms with E-state index in [1.807, 2.05) is 12.1 Å². The Balaban J connectivity index is 2.23. The number of hydrogen-bond donors (Lipinski definition) is 1. The lowest BCUT2D eigenvalue weighted by atomic mass is 9.97. The Kier molecular flexibility index (Phi) is 5.66. The van der Waals surface area contributed by atoms with Gasteiger partial charge in [-0.1, -0.05) is 42.8 Å². The van der Waals surface area contributed by atoms with Gasteiger partial charge in [0.15, 0.2) is 0 Å². The van der Waals surface area contributed by atoms with E-state index in [9.17, 15) is 0 Å². The van der Waals surface area contributed by atoms with Crippen molar-refractivity contribution in [2.75, 3.05) is 13.7 Å². The average molecular weight is 304 g/mol. The van der Waals surface area contributed by atoms with E-state index in [1.54, 1.807) is 7.11 Å². The Morgan fingerprint density at radius 3 is 2.48 bits per heavy atom. The molecule has 2 aromatic rings. The van der Waals surface area contributed by atoms with Crippen LogP contribution in [0.25, 0.3) is 0 Å². The Morgan fingerprint density at radius 1 is 1.14 bits per heavy atom. The number of rotatable bonds is 6. The van der Waals surface area contributed by atoms with Gasteiger partial charge < -0.3 is 10.1 Å². The minimum Gasteiger partial charge on any atom is -0.496 e. The molecule has 0 bridgehead atoms. The molecule has 0 fully saturated rings. The molecule has 0 saturated heterocycles. The van der Waals surface area contributed by atoms with E-state index in [-0.39, 0.29) is 6.04 Å². The van der Waals surface area contributed by atoms with E-state index in [2.05, 4.69) is 49.5 Å². The van der Waals surface area contributed by atoms with Crippen LogP contribution in [0.1, 0.15) is 29.7 Å². The normalized spacial score (nSPS) is 12.2. The maximum Gasteiger partial charge on any atom is 0.122 e. The fraction of sp³-hybridized carbons (Fsp3) is 0.333. The lowest BCUT2D eigenvalue weighted by molar-refractivity contribution is 0.410. The number of halogens is 1. The van der Waals surface area contributed by atoms with Crippen LogP contribution in [0.2, 0.25) is 5.02 Å². The number of methoxy groups -OCH3 is 1. The molecule has 0 saturated carbocycles. The predicted octanol–water partition coefficient (Wildman–Crippen LogP) is 4.55. The van der Waals surface area contributed by atoms with Crippen molar-refractivity contribution in [3.63, 3.8) is 0 Å². The molecule has 0 aliphatic heterocycles. The summed E-state index contributed by atoms with van der Waals surface area (Å²) in [5.74, 6) is 0.937. The second-order valence-corrected chi connectivity index (χ2v) is 5.61. The lowest BCUT2D eigenvalue weighted by Crippen LogP contribution is -2.23. The van der Waals surface area contributed by atoms with Gasteiger partial charge in [-0.2, -0.15) is 0 Å². The number of benzene rings is 2. The molecule has 0 aliphatic rings. The third-order valence-electron chi connectivity index (χ3n) is 3.64. The molecule has 1 atom stereocenters. The minimum absolute atomic E-state index is 0.269. The highest BCUT2D eigenvalue weighted by atomic mass is 35.5.